The molecule has 19 heavy (non-hydrogen) atoms. The van der Waals surface area contributed by atoms with Gasteiger partial charge in [0.25, 0.3) is 5.91 Å². The summed E-state index contributed by atoms with van der Waals surface area (Å²) in [5, 5.41) is 9.76. The van der Waals surface area contributed by atoms with E-state index in [1.54, 1.807) is 23.1 Å². The Bertz CT molecular complexity index is 464. The summed E-state index contributed by atoms with van der Waals surface area (Å²) in [5.41, 5.74) is 0.519. The summed E-state index contributed by atoms with van der Waals surface area (Å²) in [6.07, 6.45) is 1.89. The fraction of sp³-hybridized carbons (Fsp3) is 0.500. The number of aliphatic hydroxyl groups excluding tert-OH is 1. The van der Waals surface area contributed by atoms with E-state index in [0.717, 1.165) is 19.4 Å². The Hall–Kier alpha value is -1.26. The van der Waals surface area contributed by atoms with Gasteiger partial charge < -0.3 is 14.7 Å². The zero-order valence-corrected chi connectivity index (χ0v) is 11.7. The lowest BCUT2D eigenvalue weighted by Crippen LogP contribution is -2.41. The number of methoxy groups -OCH3 is 1. The Kier molecular flexibility index (Phi) is 4.66. The molecule has 1 amide bonds. The number of ether oxygens (including phenoxy) is 1. The number of carbonyl (C=O) groups is 1. The smallest absolute Gasteiger partial charge is 0.257 e. The van der Waals surface area contributed by atoms with Crippen molar-refractivity contribution < 1.29 is 14.6 Å². The highest BCUT2D eigenvalue weighted by Crippen LogP contribution is 2.26. The van der Waals surface area contributed by atoms with Crippen molar-refractivity contribution in [3.8, 4) is 5.75 Å². The van der Waals surface area contributed by atoms with Gasteiger partial charge in [-0.3, -0.25) is 4.79 Å². The Labute approximate surface area is 117 Å². The van der Waals surface area contributed by atoms with Crippen molar-refractivity contribution in [2.75, 3.05) is 26.8 Å². The second kappa shape index (κ2) is 6.26. The lowest BCUT2D eigenvalue weighted by atomic mass is 9.98. The molecule has 2 rings (SSSR count). The van der Waals surface area contributed by atoms with Crippen LogP contribution < -0.4 is 4.74 Å². The van der Waals surface area contributed by atoms with E-state index in [-0.39, 0.29) is 18.4 Å². The summed E-state index contributed by atoms with van der Waals surface area (Å²) >= 11 is 5.89. The lowest BCUT2D eigenvalue weighted by molar-refractivity contribution is 0.0617. The van der Waals surface area contributed by atoms with Crippen LogP contribution in [0.5, 0.6) is 5.75 Å². The number of halogens is 1. The van der Waals surface area contributed by atoms with Crippen molar-refractivity contribution in [2.24, 2.45) is 5.92 Å². The molecule has 0 spiro atoms. The predicted octanol–water partition coefficient (Wildman–Crippen LogP) is 2.19. The molecule has 1 N–H and O–H groups in total. The van der Waals surface area contributed by atoms with Crippen molar-refractivity contribution in [2.45, 2.75) is 12.8 Å². The fourth-order valence-electron chi connectivity index (χ4n) is 2.41. The molecule has 1 aliphatic rings. The maximum atomic E-state index is 12.5. The SMILES string of the molecule is COc1cc(Cl)ccc1C(=O)N1CCCC(CO)C1. The third-order valence-electron chi connectivity index (χ3n) is 3.46. The van der Waals surface area contributed by atoms with Crippen molar-refractivity contribution in [1.29, 1.82) is 0 Å². The zero-order valence-electron chi connectivity index (χ0n) is 10.9. The number of rotatable bonds is 3. The van der Waals surface area contributed by atoms with Crippen molar-refractivity contribution >= 4 is 17.5 Å². The van der Waals surface area contributed by atoms with Crippen LogP contribution in [-0.4, -0.2) is 42.7 Å². The van der Waals surface area contributed by atoms with E-state index in [1.807, 2.05) is 0 Å². The molecule has 1 fully saturated rings. The fourth-order valence-corrected chi connectivity index (χ4v) is 2.57. The minimum atomic E-state index is -0.0633. The molecule has 0 saturated carbocycles. The van der Waals surface area contributed by atoms with Crippen LogP contribution in [0.25, 0.3) is 0 Å². The Morgan fingerprint density at radius 1 is 1.58 bits per heavy atom. The van der Waals surface area contributed by atoms with Crippen molar-refractivity contribution in [3.63, 3.8) is 0 Å². The molecule has 1 heterocycles. The lowest BCUT2D eigenvalue weighted by Gasteiger charge is -2.32. The first kappa shape index (κ1) is 14.2. The van der Waals surface area contributed by atoms with Crippen LogP contribution in [0.15, 0.2) is 18.2 Å². The van der Waals surface area contributed by atoms with Gasteiger partial charge in [0.05, 0.1) is 12.7 Å². The summed E-state index contributed by atoms with van der Waals surface area (Å²) in [6, 6.07) is 5.01. The second-order valence-electron chi connectivity index (χ2n) is 4.79. The Morgan fingerprint density at radius 2 is 2.37 bits per heavy atom. The van der Waals surface area contributed by atoms with Gasteiger partial charge in [-0.1, -0.05) is 11.6 Å². The topological polar surface area (TPSA) is 49.8 Å². The molecule has 4 nitrogen and oxygen atoms in total. The quantitative estimate of drug-likeness (QED) is 0.925. The zero-order chi connectivity index (χ0) is 13.8. The minimum Gasteiger partial charge on any atom is -0.496 e. The first-order valence-corrected chi connectivity index (χ1v) is 6.77. The molecule has 0 radical (unpaired) electrons. The van der Waals surface area contributed by atoms with Crippen LogP contribution in [0.1, 0.15) is 23.2 Å². The summed E-state index contributed by atoms with van der Waals surface area (Å²) in [7, 11) is 1.52. The van der Waals surface area contributed by atoms with Crippen LogP contribution in [0.2, 0.25) is 5.02 Å². The van der Waals surface area contributed by atoms with Gasteiger partial charge in [-0.15, -0.1) is 0 Å². The maximum Gasteiger partial charge on any atom is 0.257 e. The third kappa shape index (κ3) is 3.19. The number of carbonyl (C=O) groups excluding carboxylic acids is 1. The first-order chi connectivity index (χ1) is 9.15. The van der Waals surface area contributed by atoms with Gasteiger partial charge in [0.2, 0.25) is 0 Å². The minimum absolute atomic E-state index is 0.0633. The predicted molar refractivity (Wildman–Crippen MR) is 73.7 cm³/mol. The molecule has 1 aromatic rings. The number of piperidine rings is 1. The van der Waals surface area contributed by atoms with Crippen LogP contribution >= 0.6 is 11.6 Å². The molecule has 0 bridgehead atoms. The standard InChI is InChI=1S/C14H18ClNO3/c1-19-13-7-11(15)4-5-12(13)14(18)16-6-2-3-10(8-16)9-17/h4-5,7,10,17H,2-3,6,8-9H2,1H3. The van der Waals surface area contributed by atoms with Crippen molar-refractivity contribution in [3.05, 3.63) is 28.8 Å². The van der Waals surface area contributed by atoms with Gasteiger partial charge in [0.15, 0.2) is 0 Å². The van der Waals surface area contributed by atoms with Crippen molar-refractivity contribution in [1.82, 2.24) is 4.90 Å². The monoisotopic (exact) mass is 283 g/mol. The number of nitrogens with zero attached hydrogens (tertiary/aromatic N) is 1. The van der Waals surface area contributed by atoms with Crippen LogP contribution in [-0.2, 0) is 0 Å². The summed E-state index contributed by atoms with van der Waals surface area (Å²) < 4.78 is 5.21. The molecular formula is C14H18ClNO3. The highest BCUT2D eigenvalue weighted by atomic mass is 35.5. The van der Waals surface area contributed by atoms with E-state index in [4.69, 9.17) is 16.3 Å². The second-order valence-corrected chi connectivity index (χ2v) is 5.22. The van der Waals surface area contributed by atoms with Gasteiger partial charge >= 0.3 is 0 Å². The number of amides is 1. The Balaban J connectivity index is 2.19. The van der Waals surface area contributed by atoms with E-state index < -0.39 is 0 Å². The van der Waals surface area contributed by atoms with E-state index in [2.05, 4.69) is 0 Å². The highest BCUT2D eigenvalue weighted by molar-refractivity contribution is 6.30. The molecular weight excluding hydrogens is 266 g/mol. The van der Waals surface area contributed by atoms with E-state index >= 15 is 0 Å². The average Bonchev–Trinajstić information content (AvgIpc) is 2.46. The summed E-state index contributed by atoms with van der Waals surface area (Å²) in [6.45, 7) is 1.45. The average molecular weight is 284 g/mol. The van der Waals surface area contributed by atoms with E-state index in [0.29, 0.717) is 22.9 Å². The number of likely N-dealkylation sites (tertiary alicyclic amines) is 1. The van der Waals surface area contributed by atoms with Crippen LogP contribution in [0.3, 0.4) is 0 Å². The van der Waals surface area contributed by atoms with E-state index in [1.165, 1.54) is 7.11 Å². The molecule has 1 saturated heterocycles. The van der Waals surface area contributed by atoms with Gasteiger partial charge in [-0.05, 0) is 37.0 Å². The van der Waals surface area contributed by atoms with Crippen LogP contribution in [0.4, 0.5) is 0 Å². The molecule has 104 valence electrons. The third-order valence-corrected chi connectivity index (χ3v) is 3.69. The largest absolute Gasteiger partial charge is 0.496 e. The first-order valence-electron chi connectivity index (χ1n) is 6.39. The van der Waals surface area contributed by atoms with E-state index in [9.17, 15) is 9.90 Å². The van der Waals surface area contributed by atoms with Gasteiger partial charge in [0, 0.05) is 24.7 Å². The number of hydrogen-bond donors (Lipinski definition) is 1. The molecule has 1 atom stereocenters. The van der Waals surface area contributed by atoms with Gasteiger partial charge in [-0.2, -0.15) is 0 Å². The van der Waals surface area contributed by atoms with Gasteiger partial charge in [0.1, 0.15) is 5.75 Å². The summed E-state index contributed by atoms with van der Waals surface area (Å²) in [4.78, 5) is 14.2. The molecule has 5 heteroatoms. The normalized spacial score (nSPS) is 19.3. The highest BCUT2D eigenvalue weighted by Gasteiger charge is 2.25. The molecule has 1 unspecified atom stereocenters. The molecule has 0 aromatic heterocycles. The number of aliphatic hydroxyl groups is 1. The summed E-state index contributed by atoms with van der Waals surface area (Å²) in [5.74, 6) is 0.603. The molecule has 1 aromatic carbocycles. The van der Waals surface area contributed by atoms with Crippen LogP contribution in [0, 0.1) is 5.92 Å². The number of benzene rings is 1. The molecule has 1 aliphatic heterocycles. The number of hydrogen-bond acceptors (Lipinski definition) is 3. The van der Waals surface area contributed by atoms with Gasteiger partial charge in [-0.25, -0.2) is 0 Å². The Morgan fingerprint density at radius 3 is 3.05 bits per heavy atom. The maximum absolute atomic E-state index is 12.5. The molecule has 0 aliphatic carbocycles.